The third kappa shape index (κ3) is 11.6. The summed E-state index contributed by atoms with van der Waals surface area (Å²) >= 11 is 5.87. The van der Waals surface area contributed by atoms with E-state index in [0.717, 1.165) is 24.3 Å². The van der Waals surface area contributed by atoms with Crippen molar-refractivity contribution in [3.05, 3.63) is 12.2 Å². The summed E-state index contributed by atoms with van der Waals surface area (Å²) in [5.41, 5.74) is -0.499. The van der Waals surface area contributed by atoms with Gasteiger partial charge >= 0.3 is 11.9 Å². The predicted molar refractivity (Wildman–Crippen MR) is 180 cm³/mol. The van der Waals surface area contributed by atoms with E-state index in [1.165, 1.54) is 6.92 Å². The van der Waals surface area contributed by atoms with E-state index in [1.54, 1.807) is 18.7 Å². The maximum Gasteiger partial charge on any atom is 0.338 e. The Hall–Kier alpha value is -1.39. The lowest BCUT2D eigenvalue weighted by Crippen LogP contribution is -2.66. The highest BCUT2D eigenvalue weighted by atomic mass is 32.2. The van der Waals surface area contributed by atoms with Gasteiger partial charge in [-0.1, -0.05) is 32.9 Å². The summed E-state index contributed by atoms with van der Waals surface area (Å²) < 4.78 is 34.9. The molecule has 3 saturated heterocycles. The van der Waals surface area contributed by atoms with Crippen LogP contribution < -0.4 is 5.32 Å². The van der Waals surface area contributed by atoms with Crippen molar-refractivity contribution >= 4 is 42.2 Å². The number of esters is 2. The van der Waals surface area contributed by atoms with Gasteiger partial charge in [0.05, 0.1) is 43.5 Å². The second kappa shape index (κ2) is 19.7. The highest BCUT2D eigenvalue weighted by Crippen LogP contribution is 2.41. The number of allylic oxidation sites excluding steroid dienone is 2. The molecule has 3 aliphatic rings. The van der Waals surface area contributed by atoms with Crippen LogP contribution in [-0.2, 0) is 42.8 Å². The third-order valence-electron chi connectivity index (χ3n) is 9.14. The molecule has 3 heterocycles. The van der Waals surface area contributed by atoms with Crippen LogP contribution in [0, 0.1) is 17.3 Å². The van der Waals surface area contributed by atoms with Gasteiger partial charge in [0.25, 0.3) is 0 Å². The van der Waals surface area contributed by atoms with Crippen molar-refractivity contribution < 1.29 is 53.0 Å². The largest absolute Gasteiger partial charge is 0.463 e. The lowest BCUT2D eigenvalue weighted by molar-refractivity contribution is -0.307. The van der Waals surface area contributed by atoms with Crippen LogP contribution in [0.4, 0.5) is 0 Å². The first kappa shape index (κ1) is 40.0. The van der Waals surface area contributed by atoms with E-state index in [0.29, 0.717) is 25.2 Å². The molecule has 1 amide bonds. The molecule has 12 nitrogen and oxygen atoms in total. The molecule has 3 N–H and O–H groups in total. The van der Waals surface area contributed by atoms with Gasteiger partial charge in [-0.2, -0.15) is 24.4 Å². The molecule has 0 radical (unpaired) electrons. The zero-order valence-corrected chi connectivity index (χ0v) is 30.0. The smallest absolute Gasteiger partial charge is 0.338 e. The predicted octanol–water partition coefficient (Wildman–Crippen LogP) is 2.68. The average molecular weight is 706 g/mol. The first-order valence-electron chi connectivity index (χ1n) is 16.7. The summed E-state index contributed by atoms with van der Waals surface area (Å²) in [5.74, 6) is 0.536. The van der Waals surface area contributed by atoms with Crippen molar-refractivity contribution in [3.63, 3.8) is 0 Å². The summed E-state index contributed by atoms with van der Waals surface area (Å²) in [6, 6.07) is -0.521. The minimum Gasteiger partial charge on any atom is -0.463 e. The molecular formula is C33H55NO11S2. The molecule has 0 saturated carbocycles. The molecule has 47 heavy (non-hydrogen) atoms. The molecule has 0 aliphatic carbocycles. The van der Waals surface area contributed by atoms with Crippen LogP contribution in [0.5, 0.6) is 0 Å². The van der Waals surface area contributed by atoms with Gasteiger partial charge in [0.15, 0.2) is 12.4 Å². The Kier molecular flexibility index (Phi) is 16.8. The fourth-order valence-corrected chi connectivity index (χ4v) is 7.25. The van der Waals surface area contributed by atoms with E-state index in [4.69, 9.17) is 28.4 Å². The van der Waals surface area contributed by atoms with Crippen molar-refractivity contribution in [2.45, 2.75) is 116 Å². The number of thiol groups is 1. The number of hydrogen-bond donors (Lipinski definition) is 4. The maximum atomic E-state index is 13.6. The van der Waals surface area contributed by atoms with E-state index in [9.17, 15) is 24.6 Å². The standard InChI is InChI=1S/C33H55NO11S2/c1-6-8-11-33(5,7-2)29-24(37)14-25(44-32-27(34-21(4)35)23-17-40-26(23)18-43-32)28(45-29)31(39)42-16-22(36)15-41-30(38)20(3)19-47-13-10-9-12-46/h6,8,20,22-29,32,36-37,46H,7,9-19H2,1-5H3,(H,34,35)/b8-6-/t20?,22?,23?,24-,25?,26+,27?,28+,29+,32-,33?/m0/s1. The van der Waals surface area contributed by atoms with Gasteiger partial charge in [-0.3, -0.25) is 9.59 Å². The molecule has 3 aliphatic heterocycles. The van der Waals surface area contributed by atoms with Gasteiger partial charge < -0.3 is 44.0 Å². The topological polar surface area (TPSA) is 159 Å². The Morgan fingerprint density at radius 3 is 2.55 bits per heavy atom. The lowest BCUT2D eigenvalue weighted by Gasteiger charge is -2.50. The molecule has 0 aromatic carbocycles. The Labute approximate surface area is 288 Å². The van der Waals surface area contributed by atoms with Crippen LogP contribution in [0.25, 0.3) is 0 Å². The molecule has 3 fully saturated rings. The second-order valence-electron chi connectivity index (χ2n) is 13.0. The number of carbonyl (C=O) groups is 3. The van der Waals surface area contributed by atoms with E-state index >= 15 is 0 Å². The summed E-state index contributed by atoms with van der Waals surface area (Å²) in [7, 11) is 0. The van der Waals surface area contributed by atoms with Crippen LogP contribution in [0.3, 0.4) is 0 Å². The first-order chi connectivity index (χ1) is 22.4. The highest BCUT2D eigenvalue weighted by molar-refractivity contribution is 7.99. The minimum absolute atomic E-state index is 0.0216. The van der Waals surface area contributed by atoms with Gasteiger partial charge in [-0.25, -0.2) is 4.79 Å². The fraction of sp³-hybridized carbons (Fsp3) is 0.848. The zero-order valence-electron chi connectivity index (χ0n) is 28.3. The molecule has 0 bridgehead atoms. The Balaban J connectivity index is 1.65. The number of aliphatic hydroxyl groups excluding tert-OH is 2. The zero-order chi connectivity index (χ0) is 34.6. The van der Waals surface area contributed by atoms with Gasteiger partial charge in [0, 0.05) is 25.0 Å². The van der Waals surface area contributed by atoms with Crippen molar-refractivity contribution in [3.8, 4) is 0 Å². The normalized spacial score (nSPS) is 31.6. The molecule has 3 rings (SSSR count). The van der Waals surface area contributed by atoms with Gasteiger partial charge in [0.2, 0.25) is 5.91 Å². The van der Waals surface area contributed by atoms with E-state index in [-0.39, 0.29) is 43.5 Å². The van der Waals surface area contributed by atoms with E-state index in [1.807, 2.05) is 32.9 Å². The number of thioether (sulfide) groups is 1. The lowest BCUT2D eigenvalue weighted by atomic mass is 9.73. The summed E-state index contributed by atoms with van der Waals surface area (Å²) in [6.07, 6.45) is 1.09. The molecule has 0 aromatic heterocycles. The Morgan fingerprint density at radius 1 is 1.17 bits per heavy atom. The van der Waals surface area contributed by atoms with E-state index in [2.05, 4.69) is 17.9 Å². The quantitative estimate of drug-likeness (QED) is 0.0675. The van der Waals surface area contributed by atoms with Crippen molar-refractivity contribution in [2.75, 3.05) is 43.7 Å². The number of aliphatic hydroxyl groups is 2. The second-order valence-corrected chi connectivity index (χ2v) is 14.6. The number of carbonyl (C=O) groups excluding carboxylic acids is 3. The monoisotopic (exact) mass is 705 g/mol. The number of amides is 1. The molecule has 270 valence electrons. The van der Waals surface area contributed by atoms with E-state index < -0.39 is 66.8 Å². The molecule has 6 unspecified atom stereocenters. The van der Waals surface area contributed by atoms with Gasteiger partial charge in [0.1, 0.15) is 25.4 Å². The number of fused-ring (bicyclic) bond motifs is 1. The Bertz CT molecular complexity index is 1030. The van der Waals surface area contributed by atoms with Crippen LogP contribution in [-0.4, -0.2) is 121 Å². The number of unbranched alkanes of at least 4 members (excludes halogenated alkanes) is 1. The third-order valence-corrected chi connectivity index (χ3v) is 10.8. The van der Waals surface area contributed by atoms with Crippen LogP contribution in [0.1, 0.15) is 66.7 Å². The molecule has 0 spiro atoms. The van der Waals surface area contributed by atoms with Crippen LogP contribution in [0.15, 0.2) is 12.2 Å². The Morgan fingerprint density at radius 2 is 1.91 bits per heavy atom. The molecule has 11 atom stereocenters. The molecular weight excluding hydrogens is 650 g/mol. The summed E-state index contributed by atoms with van der Waals surface area (Å²) in [5, 5.41) is 24.7. The van der Waals surface area contributed by atoms with Gasteiger partial charge in [-0.05, 0) is 49.5 Å². The SMILES string of the molecule is C/C=C\CC(C)(CC)[C@@H]1O[C@@H](C(=O)OCC(O)COC(=O)C(C)CSCCCCS)C(O[C@@H]2OC[C@H]3OCC3C2NC(C)=O)C[C@@H]1O. The highest BCUT2D eigenvalue weighted by Gasteiger charge is 2.53. The number of hydrogen-bond acceptors (Lipinski definition) is 13. The van der Waals surface area contributed by atoms with Crippen LogP contribution >= 0.6 is 24.4 Å². The van der Waals surface area contributed by atoms with Crippen molar-refractivity contribution in [2.24, 2.45) is 17.3 Å². The van der Waals surface area contributed by atoms with Gasteiger partial charge in [-0.15, -0.1) is 0 Å². The summed E-state index contributed by atoms with van der Waals surface area (Å²) in [4.78, 5) is 38.0. The molecule has 14 heteroatoms. The average Bonchev–Trinajstić information content (AvgIpc) is 3.02. The molecule has 0 aromatic rings. The van der Waals surface area contributed by atoms with Crippen molar-refractivity contribution in [1.82, 2.24) is 5.32 Å². The number of rotatable bonds is 19. The first-order valence-corrected chi connectivity index (χ1v) is 18.5. The minimum atomic E-state index is -1.26. The number of nitrogens with one attached hydrogen (secondary N) is 1. The maximum absolute atomic E-state index is 13.6. The number of ether oxygens (including phenoxy) is 6. The summed E-state index contributed by atoms with van der Waals surface area (Å²) in [6.45, 7) is 9.03. The fourth-order valence-electron chi connectivity index (χ4n) is 5.96. The van der Waals surface area contributed by atoms with Crippen LogP contribution in [0.2, 0.25) is 0 Å². The van der Waals surface area contributed by atoms with Crippen molar-refractivity contribution in [1.29, 1.82) is 0 Å².